The van der Waals surface area contributed by atoms with Gasteiger partial charge in [0, 0.05) is 0 Å². The van der Waals surface area contributed by atoms with E-state index in [1.165, 1.54) is 0 Å². The fourth-order valence-electron chi connectivity index (χ4n) is 0.918. The molecule has 0 aromatic rings. The van der Waals surface area contributed by atoms with Gasteiger partial charge in [0.1, 0.15) is 0 Å². The second-order valence-electron chi connectivity index (χ2n) is 3.16. The van der Waals surface area contributed by atoms with Crippen LogP contribution >= 0.6 is 0 Å². The lowest BCUT2D eigenvalue weighted by Gasteiger charge is -2.09. The molecule has 9 nitrogen and oxygen atoms in total. The molecule has 0 saturated carbocycles. The Labute approximate surface area is 103 Å². The van der Waals surface area contributed by atoms with Gasteiger partial charge in [-0.25, -0.2) is 0 Å². The topological polar surface area (TPSA) is 147 Å². The van der Waals surface area contributed by atoms with Gasteiger partial charge in [-0.2, -0.15) is 8.42 Å². The second-order valence-corrected chi connectivity index (χ2v) is 4.76. The fraction of sp³-hybridized carbons (Fsp3) is 0.750. The number of ether oxygens (including phenoxy) is 2. The molecule has 1 atom stereocenters. The highest BCUT2D eigenvalue weighted by atomic mass is 32.2. The van der Waals surface area contributed by atoms with Crippen LogP contribution in [-0.4, -0.2) is 66.8 Å². The van der Waals surface area contributed by atoms with E-state index in [2.05, 4.69) is 0 Å². The molecule has 1 saturated heterocycles. The molecular formula is C8H14O9S. The lowest BCUT2D eigenvalue weighted by molar-refractivity contribution is -0.143. The van der Waals surface area contributed by atoms with Crippen molar-refractivity contribution in [3.63, 3.8) is 0 Å². The molecule has 1 fully saturated rings. The predicted octanol–water partition coefficient (Wildman–Crippen LogP) is -1.16. The number of hydrogen-bond acceptors (Lipinski definition) is 6. The maximum atomic E-state index is 10.2. The van der Waals surface area contributed by atoms with E-state index in [0.717, 1.165) is 26.4 Å². The highest BCUT2D eigenvalue weighted by Gasteiger charge is 2.33. The summed E-state index contributed by atoms with van der Waals surface area (Å²) >= 11 is 0. The Balaban J connectivity index is 0.000000397. The van der Waals surface area contributed by atoms with Crippen molar-refractivity contribution in [2.75, 3.05) is 26.4 Å². The van der Waals surface area contributed by atoms with Crippen molar-refractivity contribution >= 4 is 22.1 Å². The minimum absolute atomic E-state index is 0.778. The zero-order valence-corrected chi connectivity index (χ0v) is 10.1. The van der Waals surface area contributed by atoms with E-state index in [1.807, 2.05) is 0 Å². The lowest BCUT2D eigenvalue weighted by atomic mass is 10.3. The first-order valence-corrected chi connectivity index (χ1v) is 6.32. The van der Waals surface area contributed by atoms with E-state index in [-0.39, 0.29) is 0 Å². The summed E-state index contributed by atoms with van der Waals surface area (Å²) in [6.45, 7) is 3.11. The Hall–Kier alpha value is -1.23. The molecule has 1 aliphatic rings. The van der Waals surface area contributed by atoms with Gasteiger partial charge in [-0.1, -0.05) is 0 Å². The third kappa shape index (κ3) is 7.95. The molecule has 10 heteroatoms. The van der Waals surface area contributed by atoms with Crippen LogP contribution in [0.25, 0.3) is 0 Å². The Morgan fingerprint density at radius 1 is 1.06 bits per heavy atom. The number of hydrogen-bond donors (Lipinski definition) is 3. The molecular weight excluding hydrogens is 272 g/mol. The summed E-state index contributed by atoms with van der Waals surface area (Å²) in [5.74, 6) is -3.50. The molecule has 18 heavy (non-hydrogen) atoms. The minimum Gasteiger partial charge on any atom is -0.481 e. The van der Waals surface area contributed by atoms with Crippen molar-refractivity contribution in [1.82, 2.24) is 0 Å². The molecule has 0 aromatic carbocycles. The van der Waals surface area contributed by atoms with E-state index in [1.54, 1.807) is 0 Å². The summed E-state index contributed by atoms with van der Waals surface area (Å²) in [5.41, 5.74) is 0. The average molecular weight is 286 g/mol. The van der Waals surface area contributed by atoms with Crippen LogP contribution in [0.15, 0.2) is 0 Å². The molecule has 3 N–H and O–H groups in total. The molecule has 106 valence electrons. The SMILES string of the molecule is C1COCCO1.O=C(O)CC(C(=O)O)S(=O)(=O)O. The Bertz CT molecular complexity index is 359. The van der Waals surface area contributed by atoms with Crippen LogP contribution in [0.3, 0.4) is 0 Å². The van der Waals surface area contributed by atoms with Crippen molar-refractivity contribution in [1.29, 1.82) is 0 Å². The third-order valence-corrected chi connectivity index (χ3v) is 2.83. The Kier molecular flexibility index (Phi) is 7.43. The van der Waals surface area contributed by atoms with Gasteiger partial charge in [0.25, 0.3) is 10.1 Å². The van der Waals surface area contributed by atoms with Crippen LogP contribution in [0.2, 0.25) is 0 Å². The van der Waals surface area contributed by atoms with E-state index in [0.29, 0.717) is 0 Å². The van der Waals surface area contributed by atoms with Crippen LogP contribution in [0, 0.1) is 0 Å². The summed E-state index contributed by atoms with van der Waals surface area (Å²) in [4.78, 5) is 20.0. The quantitative estimate of drug-likeness (QED) is 0.544. The van der Waals surface area contributed by atoms with Gasteiger partial charge in [0.15, 0.2) is 5.25 Å². The maximum absolute atomic E-state index is 10.2. The van der Waals surface area contributed by atoms with Gasteiger partial charge in [0.2, 0.25) is 0 Å². The molecule has 0 radical (unpaired) electrons. The van der Waals surface area contributed by atoms with Crippen molar-refractivity contribution < 1.29 is 42.2 Å². The van der Waals surface area contributed by atoms with Crippen LogP contribution in [0.1, 0.15) is 6.42 Å². The second kappa shape index (κ2) is 7.97. The fourth-order valence-corrected chi connectivity index (χ4v) is 1.53. The predicted molar refractivity (Wildman–Crippen MR) is 56.9 cm³/mol. The van der Waals surface area contributed by atoms with Crippen molar-refractivity contribution in [2.45, 2.75) is 11.7 Å². The molecule has 0 amide bonds. The zero-order chi connectivity index (χ0) is 14.2. The molecule has 0 aliphatic carbocycles. The largest absolute Gasteiger partial charge is 0.481 e. The monoisotopic (exact) mass is 286 g/mol. The summed E-state index contributed by atoms with van der Waals surface area (Å²) in [5, 5.41) is 13.9. The maximum Gasteiger partial charge on any atom is 0.325 e. The summed E-state index contributed by atoms with van der Waals surface area (Å²) in [6, 6.07) is 0. The van der Waals surface area contributed by atoms with Crippen molar-refractivity contribution in [3.8, 4) is 0 Å². The minimum atomic E-state index is -4.84. The van der Waals surface area contributed by atoms with Crippen molar-refractivity contribution in [3.05, 3.63) is 0 Å². The Morgan fingerprint density at radius 2 is 1.44 bits per heavy atom. The summed E-state index contributed by atoms with van der Waals surface area (Å²) in [6.07, 6.45) is -1.16. The highest BCUT2D eigenvalue weighted by Crippen LogP contribution is 2.04. The molecule has 1 aliphatic heterocycles. The Morgan fingerprint density at radius 3 is 1.56 bits per heavy atom. The highest BCUT2D eigenvalue weighted by molar-refractivity contribution is 7.87. The molecule has 0 aromatic heterocycles. The van der Waals surface area contributed by atoms with Crippen LogP contribution < -0.4 is 0 Å². The van der Waals surface area contributed by atoms with E-state index >= 15 is 0 Å². The van der Waals surface area contributed by atoms with Gasteiger partial charge in [-0.15, -0.1) is 0 Å². The molecule has 1 unspecified atom stereocenters. The number of carboxylic acid groups (broad SMARTS) is 2. The normalized spacial score (nSPS) is 17.2. The van der Waals surface area contributed by atoms with Gasteiger partial charge in [-0.05, 0) is 0 Å². The molecule has 1 heterocycles. The van der Waals surface area contributed by atoms with E-state index in [9.17, 15) is 18.0 Å². The van der Waals surface area contributed by atoms with Crippen LogP contribution in [0.5, 0.6) is 0 Å². The van der Waals surface area contributed by atoms with E-state index < -0.39 is 33.7 Å². The van der Waals surface area contributed by atoms with Crippen LogP contribution in [-0.2, 0) is 29.2 Å². The number of aliphatic carboxylic acids is 2. The molecule has 0 spiro atoms. The van der Waals surface area contributed by atoms with Gasteiger partial charge in [0.05, 0.1) is 32.8 Å². The lowest BCUT2D eigenvalue weighted by Crippen LogP contribution is -2.31. The van der Waals surface area contributed by atoms with E-state index in [4.69, 9.17) is 24.2 Å². The van der Waals surface area contributed by atoms with Gasteiger partial charge < -0.3 is 19.7 Å². The first kappa shape index (κ1) is 16.8. The smallest absolute Gasteiger partial charge is 0.325 e. The standard InChI is InChI=1S/C4H6O7S.C4H8O2/c5-3(6)1-2(4(7)8)12(9,10)11;1-2-6-4-3-5-1/h2H,1H2,(H,5,6)(H,7,8)(H,9,10,11);1-4H2. The van der Waals surface area contributed by atoms with Crippen LogP contribution in [0.4, 0.5) is 0 Å². The first-order chi connectivity index (χ1) is 8.25. The molecule has 0 bridgehead atoms. The number of rotatable bonds is 4. The average Bonchev–Trinajstić information content (AvgIpc) is 2.27. The molecule has 1 rings (SSSR count). The number of carbonyl (C=O) groups is 2. The zero-order valence-electron chi connectivity index (χ0n) is 9.31. The summed E-state index contributed by atoms with van der Waals surface area (Å²) < 4.78 is 38.6. The third-order valence-electron chi connectivity index (χ3n) is 1.74. The van der Waals surface area contributed by atoms with Crippen molar-refractivity contribution in [2.24, 2.45) is 0 Å². The number of carboxylic acids is 2. The van der Waals surface area contributed by atoms with Gasteiger partial charge in [-0.3, -0.25) is 14.1 Å². The van der Waals surface area contributed by atoms with Gasteiger partial charge >= 0.3 is 11.9 Å². The summed E-state index contributed by atoms with van der Waals surface area (Å²) in [7, 11) is -4.84. The first-order valence-electron chi connectivity index (χ1n) is 4.81.